The summed E-state index contributed by atoms with van der Waals surface area (Å²) in [7, 11) is 0. The van der Waals surface area contributed by atoms with Crippen LogP contribution in [0, 0.1) is 6.92 Å². The minimum absolute atomic E-state index is 0.700. The van der Waals surface area contributed by atoms with Gasteiger partial charge in [-0.15, -0.1) is 11.3 Å². The van der Waals surface area contributed by atoms with E-state index in [1.807, 2.05) is 11.6 Å². The molecule has 2 aromatic heterocycles. The van der Waals surface area contributed by atoms with Crippen molar-refractivity contribution in [1.82, 2.24) is 25.1 Å². The maximum atomic E-state index is 4.40. The highest BCUT2D eigenvalue weighted by Crippen LogP contribution is 2.08. The highest BCUT2D eigenvalue weighted by Gasteiger charge is 2.03. The third-order valence-electron chi connectivity index (χ3n) is 2.28. The number of nitrogens with zero attached hydrogens (tertiary/aromatic N) is 4. The highest BCUT2D eigenvalue weighted by atomic mass is 32.1. The van der Waals surface area contributed by atoms with Gasteiger partial charge in [0.05, 0.1) is 23.8 Å². The van der Waals surface area contributed by atoms with Crippen LogP contribution in [0.25, 0.3) is 0 Å². The fraction of sp³-hybridized carbons (Fsp3) is 0.545. The summed E-state index contributed by atoms with van der Waals surface area (Å²) in [6.07, 6.45) is 2.89. The van der Waals surface area contributed by atoms with E-state index in [1.54, 1.807) is 17.7 Å². The van der Waals surface area contributed by atoms with Gasteiger partial charge < -0.3 is 5.32 Å². The molecule has 17 heavy (non-hydrogen) atoms. The van der Waals surface area contributed by atoms with Gasteiger partial charge in [-0.1, -0.05) is 6.92 Å². The average Bonchev–Trinajstić information content (AvgIpc) is 2.90. The van der Waals surface area contributed by atoms with Crippen LogP contribution in [-0.4, -0.2) is 26.3 Å². The zero-order valence-corrected chi connectivity index (χ0v) is 11.0. The lowest BCUT2D eigenvalue weighted by Gasteiger charge is -1.98. The first-order valence-electron chi connectivity index (χ1n) is 5.78. The molecule has 0 unspecified atom stereocenters. The van der Waals surface area contributed by atoms with Crippen molar-refractivity contribution in [3.8, 4) is 0 Å². The monoisotopic (exact) mass is 251 g/mol. The Labute approximate surface area is 105 Å². The van der Waals surface area contributed by atoms with Crippen molar-refractivity contribution in [3.63, 3.8) is 0 Å². The zero-order valence-electron chi connectivity index (χ0n) is 10.2. The molecule has 92 valence electrons. The molecule has 2 aromatic rings. The normalized spacial score (nSPS) is 10.9. The molecule has 0 saturated carbocycles. The summed E-state index contributed by atoms with van der Waals surface area (Å²) in [6, 6.07) is 0. The maximum Gasteiger partial charge on any atom is 0.164 e. The minimum atomic E-state index is 0.700. The molecule has 0 amide bonds. The smallest absolute Gasteiger partial charge is 0.164 e. The van der Waals surface area contributed by atoms with E-state index in [0.717, 1.165) is 36.0 Å². The van der Waals surface area contributed by atoms with E-state index in [9.17, 15) is 0 Å². The van der Waals surface area contributed by atoms with Crippen LogP contribution in [0.4, 0.5) is 0 Å². The van der Waals surface area contributed by atoms with Crippen LogP contribution in [0.3, 0.4) is 0 Å². The van der Waals surface area contributed by atoms with Gasteiger partial charge in [0.1, 0.15) is 6.33 Å². The number of hydrogen-bond acceptors (Lipinski definition) is 5. The van der Waals surface area contributed by atoms with Gasteiger partial charge in [-0.2, -0.15) is 5.10 Å². The molecule has 6 heteroatoms. The van der Waals surface area contributed by atoms with Gasteiger partial charge in [0.15, 0.2) is 5.82 Å². The molecule has 0 aliphatic heterocycles. The second kappa shape index (κ2) is 5.88. The molecular formula is C11H17N5S. The van der Waals surface area contributed by atoms with E-state index in [-0.39, 0.29) is 0 Å². The summed E-state index contributed by atoms with van der Waals surface area (Å²) in [5.41, 5.74) is 1.05. The Balaban J connectivity index is 1.89. The topological polar surface area (TPSA) is 55.6 Å². The van der Waals surface area contributed by atoms with E-state index >= 15 is 0 Å². The second-order valence-corrected chi connectivity index (χ2v) is 4.96. The molecule has 2 heterocycles. The van der Waals surface area contributed by atoms with Crippen molar-refractivity contribution >= 4 is 11.3 Å². The number of hydrogen-bond donors (Lipinski definition) is 1. The van der Waals surface area contributed by atoms with Crippen LogP contribution < -0.4 is 5.32 Å². The van der Waals surface area contributed by atoms with Gasteiger partial charge in [-0.05, 0) is 19.9 Å². The zero-order chi connectivity index (χ0) is 12.1. The summed E-state index contributed by atoms with van der Waals surface area (Å²) in [4.78, 5) is 8.66. The van der Waals surface area contributed by atoms with Crippen molar-refractivity contribution in [2.75, 3.05) is 6.54 Å². The van der Waals surface area contributed by atoms with Crippen LogP contribution in [0.15, 0.2) is 11.7 Å². The maximum absolute atomic E-state index is 4.40. The first-order chi connectivity index (χ1) is 8.28. The number of aryl methyl sites for hydroxylation is 1. The van der Waals surface area contributed by atoms with Crippen LogP contribution in [0.2, 0.25) is 0 Å². The predicted octanol–water partition coefficient (Wildman–Crippen LogP) is 1.59. The molecule has 5 nitrogen and oxygen atoms in total. The molecule has 0 aliphatic rings. The van der Waals surface area contributed by atoms with Crippen molar-refractivity contribution in [2.45, 2.75) is 33.4 Å². The number of aromatic nitrogens is 4. The van der Waals surface area contributed by atoms with Crippen LogP contribution >= 0.6 is 11.3 Å². The first-order valence-corrected chi connectivity index (χ1v) is 6.66. The lowest BCUT2D eigenvalue weighted by molar-refractivity contribution is 0.621. The molecule has 0 radical (unpaired) electrons. The Bertz CT molecular complexity index is 462. The lowest BCUT2D eigenvalue weighted by atomic mass is 10.5. The van der Waals surface area contributed by atoms with Crippen LogP contribution in [-0.2, 0) is 13.1 Å². The fourth-order valence-corrected chi connectivity index (χ4v) is 2.12. The summed E-state index contributed by atoms with van der Waals surface area (Å²) in [5, 5.41) is 10.8. The van der Waals surface area contributed by atoms with Gasteiger partial charge >= 0.3 is 0 Å². The second-order valence-electron chi connectivity index (χ2n) is 3.89. The van der Waals surface area contributed by atoms with Gasteiger partial charge in [-0.3, -0.25) is 0 Å². The SMILES string of the molecule is CCCNCc1ncn(Cc2csc(C)n2)n1. The van der Waals surface area contributed by atoms with E-state index in [4.69, 9.17) is 0 Å². The van der Waals surface area contributed by atoms with Crippen molar-refractivity contribution in [3.05, 3.63) is 28.2 Å². The Morgan fingerprint density at radius 3 is 3.06 bits per heavy atom. The molecule has 0 spiro atoms. The molecule has 0 bridgehead atoms. The van der Waals surface area contributed by atoms with Crippen LogP contribution in [0.1, 0.15) is 29.9 Å². The molecular weight excluding hydrogens is 234 g/mol. The predicted molar refractivity (Wildman–Crippen MR) is 68.0 cm³/mol. The molecule has 0 saturated heterocycles. The molecule has 0 aromatic carbocycles. The molecule has 2 rings (SSSR count). The quantitative estimate of drug-likeness (QED) is 0.792. The van der Waals surface area contributed by atoms with Gasteiger partial charge in [-0.25, -0.2) is 14.6 Å². The van der Waals surface area contributed by atoms with Crippen molar-refractivity contribution in [2.24, 2.45) is 0 Å². The van der Waals surface area contributed by atoms with E-state index in [1.165, 1.54) is 0 Å². The number of rotatable bonds is 6. The molecule has 0 fully saturated rings. The largest absolute Gasteiger partial charge is 0.310 e. The van der Waals surface area contributed by atoms with Gasteiger partial charge in [0, 0.05) is 5.38 Å². The van der Waals surface area contributed by atoms with Crippen molar-refractivity contribution < 1.29 is 0 Å². The third kappa shape index (κ3) is 3.61. The fourth-order valence-electron chi connectivity index (χ4n) is 1.51. The van der Waals surface area contributed by atoms with Gasteiger partial charge in [0.25, 0.3) is 0 Å². The third-order valence-corrected chi connectivity index (χ3v) is 3.11. The highest BCUT2D eigenvalue weighted by molar-refractivity contribution is 7.09. The average molecular weight is 251 g/mol. The summed E-state index contributed by atoms with van der Waals surface area (Å²) < 4.78 is 1.83. The number of thiazole rings is 1. The van der Waals surface area contributed by atoms with E-state index in [0.29, 0.717) is 6.54 Å². The summed E-state index contributed by atoms with van der Waals surface area (Å²) in [6.45, 7) is 6.58. The lowest BCUT2D eigenvalue weighted by Crippen LogP contribution is -2.15. The van der Waals surface area contributed by atoms with Crippen molar-refractivity contribution in [1.29, 1.82) is 0 Å². The van der Waals surface area contributed by atoms with Gasteiger partial charge in [0.2, 0.25) is 0 Å². The Hall–Kier alpha value is -1.27. The molecule has 0 aliphatic carbocycles. The first kappa shape index (κ1) is 12.2. The number of nitrogens with one attached hydrogen (secondary N) is 1. The summed E-state index contributed by atoms with van der Waals surface area (Å²) in [5.74, 6) is 0.838. The summed E-state index contributed by atoms with van der Waals surface area (Å²) >= 11 is 1.66. The Kier molecular flexibility index (Phi) is 4.22. The van der Waals surface area contributed by atoms with E-state index in [2.05, 4.69) is 32.7 Å². The minimum Gasteiger partial charge on any atom is -0.310 e. The van der Waals surface area contributed by atoms with E-state index < -0.39 is 0 Å². The van der Waals surface area contributed by atoms with Crippen LogP contribution in [0.5, 0.6) is 0 Å². The molecule has 0 atom stereocenters. The Morgan fingerprint density at radius 1 is 1.47 bits per heavy atom. The Morgan fingerprint density at radius 2 is 2.35 bits per heavy atom. The standard InChI is InChI=1S/C11H17N5S/c1-3-4-12-5-11-13-8-16(15-11)6-10-7-17-9(2)14-10/h7-8,12H,3-6H2,1-2H3. The molecule has 1 N–H and O–H groups in total.